The lowest BCUT2D eigenvalue weighted by Gasteiger charge is -2.20. The first kappa shape index (κ1) is 22.3. The van der Waals surface area contributed by atoms with Crippen molar-refractivity contribution in [1.82, 2.24) is 14.8 Å². The number of aliphatic hydroxyl groups is 1. The molecule has 4 nitrogen and oxygen atoms in total. The largest absolute Gasteiger partial charge is 0.389 e. The molecule has 0 aliphatic rings. The molecule has 1 unspecified atom stereocenters. The van der Waals surface area contributed by atoms with Gasteiger partial charge in [0.1, 0.15) is 0 Å². The minimum atomic E-state index is -4.16. The summed E-state index contributed by atoms with van der Waals surface area (Å²) in [7, 11) is 0. The van der Waals surface area contributed by atoms with Crippen molar-refractivity contribution in [3.63, 3.8) is 0 Å². The topological polar surface area (TPSA) is 50.9 Å². The number of rotatable bonds is 6. The minimum Gasteiger partial charge on any atom is -0.388 e. The van der Waals surface area contributed by atoms with Gasteiger partial charge in [0.25, 0.3) is 0 Å². The third-order valence-corrected chi connectivity index (χ3v) is 5.11. The number of nitrogens with zero attached hydrogens (tertiary/aromatic N) is 3. The number of halogens is 3. The molecular formula is C23H28F3N3O. The maximum Gasteiger partial charge on any atom is 0.389 e. The van der Waals surface area contributed by atoms with Gasteiger partial charge in [0, 0.05) is 41.2 Å². The van der Waals surface area contributed by atoms with Crippen LogP contribution in [0.25, 0.3) is 22.2 Å². The van der Waals surface area contributed by atoms with Crippen molar-refractivity contribution >= 4 is 10.9 Å². The first-order valence-electron chi connectivity index (χ1n) is 10.2. The van der Waals surface area contributed by atoms with Crippen molar-refractivity contribution in [3.8, 4) is 11.3 Å². The normalized spacial score (nSPS) is 13.7. The fourth-order valence-electron chi connectivity index (χ4n) is 3.41. The smallest absolute Gasteiger partial charge is 0.388 e. The van der Waals surface area contributed by atoms with E-state index in [-0.39, 0.29) is 18.4 Å². The minimum absolute atomic E-state index is 0.0238. The molecule has 0 radical (unpaired) electrons. The third-order valence-electron chi connectivity index (χ3n) is 5.11. The van der Waals surface area contributed by atoms with Gasteiger partial charge in [-0.05, 0) is 42.7 Å². The van der Waals surface area contributed by atoms with Crippen molar-refractivity contribution < 1.29 is 18.3 Å². The highest BCUT2D eigenvalue weighted by atomic mass is 19.4. The summed E-state index contributed by atoms with van der Waals surface area (Å²) in [6, 6.07) is 9.60. The van der Waals surface area contributed by atoms with Crippen LogP contribution in [0.1, 0.15) is 64.3 Å². The number of fused-ring (bicyclic) bond motifs is 1. The van der Waals surface area contributed by atoms with E-state index in [0.29, 0.717) is 11.9 Å². The van der Waals surface area contributed by atoms with Crippen LogP contribution in [-0.4, -0.2) is 26.0 Å². The second-order valence-corrected chi connectivity index (χ2v) is 8.69. The van der Waals surface area contributed by atoms with Crippen molar-refractivity contribution in [2.45, 2.75) is 71.2 Å². The Balaban J connectivity index is 2.03. The van der Waals surface area contributed by atoms with E-state index < -0.39 is 18.7 Å². The first-order valence-corrected chi connectivity index (χ1v) is 10.2. The zero-order valence-electron chi connectivity index (χ0n) is 17.8. The van der Waals surface area contributed by atoms with Crippen LogP contribution in [0.5, 0.6) is 0 Å². The molecule has 162 valence electrons. The van der Waals surface area contributed by atoms with Gasteiger partial charge in [-0.3, -0.25) is 9.67 Å². The molecule has 30 heavy (non-hydrogen) atoms. The van der Waals surface area contributed by atoms with Gasteiger partial charge < -0.3 is 5.11 Å². The Morgan fingerprint density at radius 1 is 1.13 bits per heavy atom. The van der Waals surface area contributed by atoms with Crippen molar-refractivity contribution in [2.24, 2.45) is 0 Å². The van der Waals surface area contributed by atoms with Crippen LogP contribution in [0.3, 0.4) is 0 Å². The van der Waals surface area contributed by atoms with Crippen LogP contribution in [0, 0.1) is 0 Å². The zero-order valence-corrected chi connectivity index (χ0v) is 17.8. The number of aryl methyl sites for hydroxylation is 1. The molecule has 1 atom stereocenters. The van der Waals surface area contributed by atoms with Crippen molar-refractivity contribution in [2.75, 3.05) is 0 Å². The lowest BCUT2D eigenvalue weighted by Crippen LogP contribution is -2.13. The maximum absolute atomic E-state index is 12.4. The Bertz CT molecular complexity index is 1020. The number of alkyl halides is 3. The van der Waals surface area contributed by atoms with Gasteiger partial charge in [0.2, 0.25) is 0 Å². The lowest BCUT2D eigenvalue weighted by molar-refractivity contribution is -0.136. The van der Waals surface area contributed by atoms with Gasteiger partial charge >= 0.3 is 6.18 Å². The van der Waals surface area contributed by atoms with Crippen molar-refractivity contribution in [1.29, 1.82) is 0 Å². The molecule has 0 spiro atoms. The Morgan fingerprint density at radius 2 is 1.87 bits per heavy atom. The molecular weight excluding hydrogens is 391 g/mol. The van der Waals surface area contributed by atoms with Gasteiger partial charge in [-0.2, -0.15) is 18.3 Å². The Labute approximate surface area is 174 Å². The van der Waals surface area contributed by atoms with E-state index in [4.69, 9.17) is 4.98 Å². The molecule has 1 N–H and O–H groups in total. The molecule has 3 aromatic rings. The number of hydrogen-bond donors (Lipinski definition) is 1. The predicted molar refractivity (Wildman–Crippen MR) is 112 cm³/mol. The van der Waals surface area contributed by atoms with Crippen LogP contribution in [0.15, 0.2) is 36.5 Å². The molecule has 0 saturated carbocycles. The summed E-state index contributed by atoms with van der Waals surface area (Å²) in [6.07, 6.45) is -3.42. The van der Waals surface area contributed by atoms with Gasteiger partial charge in [-0.25, -0.2) is 0 Å². The summed E-state index contributed by atoms with van der Waals surface area (Å²) in [6.45, 7) is 8.36. The summed E-state index contributed by atoms with van der Waals surface area (Å²) in [5, 5.41) is 15.8. The van der Waals surface area contributed by atoms with Crippen LogP contribution in [0.2, 0.25) is 0 Å². The van der Waals surface area contributed by atoms with Gasteiger partial charge in [0.15, 0.2) is 0 Å². The van der Waals surface area contributed by atoms with E-state index in [2.05, 4.69) is 25.9 Å². The fraction of sp³-hybridized carbons (Fsp3) is 0.478. The summed E-state index contributed by atoms with van der Waals surface area (Å²) >= 11 is 0. The molecule has 3 rings (SSSR count). The van der Waals surface area contributed by atoms with Crippen molar-refractivity contribution in [3.05, 3.63) is 47.8 Å². The highest BCUT2D eigenvalue weighted by Gasteiger charge is 2.26. The van der Waals surface area contributed by atoms with Crippen LogP contribution < -0.4 is 0 Å². The van der Waals surface area contributed by atoms with Gasteiger partial charge in [0.05, 0.1) is 17.3 Å². The molecule has 0 fully saturated rings. The second-order valence-electron chi connectivity index (χ2n) is 8.69. The first-order chi connectivity index (χ1) is 14.0. The average molecular weight is 419 g/mol. The van der Waals surface area contributed by atoms with Crippen LogP contribution in [-0.2, 0) is 12.0 Å². The number of benzene rings is 1. The SMILES string of the molecule is CCC(O)c1cc2nn(CCCC(F)(F)F)cc2cc1-c1cccc(C(C)(C)C)n1. The maximum atomic E-state index is 12.4. The standard InChI is InChI=1S/C23H28F3N3O/c1-5-20(30)17-13-19-15(14-29(28-19)11-7-10-23(24,25)26)12-16(17)18-8-6-9-21(27-18)22(2,3)4/h6,8-9,12-14,20,30H,5,7,10-11H2,1-4H3. The van der Waals surface area contributed by atoms with E-state index in [1.165, 1.54) is 0 Å². The number of aliphatic hydroxyl groups excluding tert-OH is 1. The Hall–Kier alpha value is -2.41. The third kappa shape index (κ3) is 5.19. The summed E-state index contributed by atoms with van der Waals surface area (Å²) < 4.78 is 38.9. The van der Waals surface area contributed by atoms with Gasteiger partial charge in [-0.1, -0.05) is 33.8 Å². The number of aromatic nitrogens is 3. The van der Waals surface area contributed by atoms with E-state index in [9.17, 15) is 18.3 Å². The van der Waals surface area contributed by atoms with Crippen LogP contribution >= 0.6 is 0 Å². The predicted octanol–water partition coefficient (Wildman–Crippen LogP) is 6.18. The fourth-order valence-corrected chi connectivity index (χ4v) is 3.41. The number of pyridine rings is 1. The summed E-state index contributed by atoms with van der Waals surface area (Å²) in [4.78, 5) is 4.82. The Morgan fingerprint density at radius 3 is 2.50 bits per heavy atom. The van der Waals surface area contributed by atoms with E-state index in [1.54, 1.807) is 10.9 Å². The molecule has 1 aromatic carbocycles. The molecule has 2 aromatic heterocycles. The highest BCUT2D eigenvalue weighted by molar-refractivity contribution is 5.85. The van der Waals surface area contributed by atoms with E-state index >= 15 is 0 Å². The highest BCUT2D eigenvalue weighted by Crippen LogP contribution is 2.34. The monoisotopic (exact) mass is 419 g/mol. The molecule has 0 bridgehead atoms. The molecule has 0 saturated heterocycles. The quantitative estimate of drug-likeness (QED) is 0.519. The average Bonchev–Trinajstić information content (AvgIpc) is 3.06. The molecule has 0 aliphatic heterocycles. The lowest BCUT2D eigenvalue weighted by atomic mass is 9.90. The van der Waals surface area contributed by atoms with Gasteiger partial charge in [-0.15, -0.1) is 0 Å². The molecule has 0 aliphatic carbocycles. The summed E-state index contributed by atoms with van der Waals surface area (Å²) in [5.74, 6) is 0. The van der Waals surface area contributed by atoms with E-state index in [0.717, 1.165) is 27.9 Å². The molecule has 7 heteroatoms. The molecule has 0 amide bonds. The molecule has 2 heterocycles. The number of hydrogen-bond acceptors (Lipinski definition) is 3. The summed E-state index contributed by atoms with van der Waals surface area (Å²) in [5.41, 5.74) is 3.78. The zero-order chi connectivity index (χ0) is 22.1. The second kappa shape index (κ2) is 8.38. The Kier molecular flexibility index (Phi) is 6.22. The van der Waals surface area contributed by atoms with E-state index in [1.807, 2.05) is 37.3 Å². The van der Waals surface area contributed by atoms with Crippen LogP contribution in [0.4, 0.5) is 13.2 Å².